The first-order chi connectivity index (χ1) is 6.70. The minimum atomic E-state index is 0.881. The summed E-state index contributed by atoms with van der Waals surface area (Å²) in [6.07, 6.45) is 10.0. The third kappa shape index (κ3) is 4.45. The molecule has 0 unspecified atom stereocenters. The molecule has 84 valence electrons. The van der Waals surface area contributed by atoms with Gasteiger partial charge in [-0.25, -0.2) is 0 Å². The minimum Gasteiger partial charge on any atom is -0.303 e. The second-order valence-corrected chi connectivity index (χ2v) is 5.31. The van der Waals surface area contributed by atoms with Crippen molar-refractivity contribution < 1.29 is 0 Å². The van der Waals surface area contributed by atoms with Crippen LogP contribution in [0.15, 0.2) is 0 Å². The lowest BCUT2D eigenvalue weighted by atomic mass is 10.1. The SMILES string of the molecule is CC(C)CCCCN(C)C1CCCC1. The van der Waals surface area contributed by atoms with Gasteiger partial charge in [0.1, 0.15) is 0 Å². The van der Waals surface area contributed by atoms with Crippen LogP contribution >= 0.6 is 0 Å². The monoisotopic (exact) mass is 197 g/mol. The van der Waals surface area contributed by atoms with Crippen LogP contribution in [-0.4, -0.2) is 24.5 Å². The van der Waals surface area contributed by atoms with Gasteiger partial charge in [-0.3, -0.25) is 0 Å². The van der Waals surface area contributed by atoms with E-state index in [1.165, 1.54) is 51.5 Å². The molecule has 0 amide bonds. The highest BCUT2D eigenvalue weighted by atomic mass is 15.1. The number of rotatable bonds is 6. The van der Waals surface area contributed by atoms with Crippen molar-refractivity contribution >= 4 is 0 Å². The predicted octanol–water partition coefficient (Wildman–Crippen LogP) is 3.69. The first kappa shape index (κ1) is 12.0. The van der Waals surface area contributed by atoms with Crippen molar-refractivity contribution in [2.24, 2.45) is 5.92 Å². The zero-order valence-electron chi connectivity index (χ0n) is 10.3. The standard InChI is InChI=1S/C13H27N/c1-12(2)8-6-7-11-14(3)13-9-4-5-10-13/h12-13H,4-11H2,1-3H3. The van der Waals surface area contributed by atoms with Crippen LogP contribution in [0, 0.1) is 5.92 Å². The van der Waals surface area contributed by atoms with Gasteiger partial charge in [0.25, 0.3) is 0 Å². The molecule has 0 radical (unpaired) electrons. The summed E-state index contributed by atoms with van der Waals surface area (Å²) in [6, 6.07) is 0.911. The zero-order chi connectivity index (χ0) is 10.4. The van der Waals surface area contributed by atoms with Crippen LogP contribution < -0.4 is 0 Å². The summed E-state index contributed by atoms with van der Waals surface area (Å²) in [5, 5.41) is 0. The minimum absolute atomic E-state index is 0.881. The van der Waals surface area contributed by atoms with Gasteiger partial charge in [-0.2, -0.15) is 0 Å². The summed E-state index contributed by atoms with van der Waals surface area (Å²) < 4.78 is 0. The third-order valence-electron chi connectivity index (χ3n) is 3.49. The molecule has 0 heterocycles. The molecule has 0 atom stereocenters. The van der Waals surface area contributed by atoms with Crippen molar-refractivity contribution in [2.45, 2.75) is 64.8 Å². The van der Waals surface area contributed by atoms with E-state index in [9.17, 15) is 0 Å². The van der Waals surface area contributed by atoms with Crippen molar-refractivity contribution in [1.29, 1.82) is 0 Å². The molecule has 0 saturated heterocycles. The quantitative estimate of drug-likeness (QED) is 0.587. The Kier molecular flexibility index (Phi) is 5.54. The molecule has 14 heavy (non-hydrogen) atoms. The second-order valence-electron chi connectivity index (χ2n) is 5.31. The van der Waals surface area contributed by atoms with Crippen molar-refractivity contribution in [1.82, 2.24) is 4.90 Å². The highest BCUT2D eigenvalue weighted by molar-refractivity contribution is 4.74. The molecule has 0 aliphatic heterocycles. The van der Waals surface area contributed by atoms with Crippen LogP contribution in [0.1, 0.15) is 58.8 Å². The third-order valence-corrected chi connectivity index (χ3v) is 3.49. The van der Waals surface area contributed by atoms with Gasteiger partial charge in [0.15, 0.2) is 0 Å². The molecule has 1 heteroatoms. The largest absolute Gasteiger partial charge is 0.303 e. The molecule has 0 aromatic carbocycles. The van der Waals surface area contributed by atoms with Crippen LogP contribution in [0.3, 0.4) is 0 Å². The van der Waals surface area contributed by atoms with Crippen molar-refractivity contribution in [3.05, 3.63) is 0 Å². The summed E-state index contributed by atoms with van der Waals surface area (Å²) >= 11 is 0. The van der Waals surface area contributed by atoms with Gasteiger partial charge >= 0.3 is 0 Å². The topological polar surface area (TPSA) is 3.24 Å². The van der Waals surface area contributed by atoms with E-state index in [-0.39, 0.29) is 0 Å². The maximum absolute atomic E-state index is 2.59. The average Bonchev–Trinajstić information content (AvgIpc) is 2.64. The van der Waals surface area contributed by atoms with E-state index in [0.29, 0.717) is 0 Å². The highest BCUT2D eigenvalue weighted by Gasteiger charge is 2.18. The molecule has 0 bridgehead atoms. The number of hydrogen-bond acceptors (Lipinski definition) is 1. The molecular weight excluding hydrogens is 170 g/mol. The van der Waals surface area contributed by atoms with Gasteiger partial charge in [-0.05, 0) is 38.8 Å². The maximum Gasteiger partial charge on any atom is 0.00922 e. The fourth-order valence-electron chi connectivity index (χ4n) is 2.44. The Morgan fingerprint density at radius 3 is 2.36 bits per heavy atom. The van der Waals surface area contributed by atoms with Crippen molar-refractivity contribution in [2.75, 3.05) is 13.6 Å². The molecule has 1 aliphatic carbocycles. The van der Waals surface area contributed by atoms with Gasteiger partial charge in [0, 0.05) is 6.04 Å². The summed E-state index contributed by atoms with van der Waals surface area (Å²) in [4.78, 5) is 2.59. The van der Waals surface area contributed by atoms with Crippen molar-refractivity contribution in [3.63, 3.8) is 0 Å². The first-order valence-electron chi connectivity index (χ1n) is 6.40. The fourth-order valence-corrected chi connectivity index (χ4v) is 2.44. The van der Waals surface area contributed by atoms with Crippen LogP contribution in [0.2, 0.25) is 0 Å². The van der Waals surface area contributed by atoms with E-state index < -0.39 is 0 Å². The average molecular weight is 197 g/mol. The molecule has 0 spiro atoms. The van der Waals surface area contributed by atoms with E-state index in [1.54, 1.807) is 0 Å². The lowest BCUT2D eigenvalue weighted by Gasteiger charge is -2.23. The van der Waals surface area contributed by atoms with Gasteiger partial charge < -0.3 is 4.90 Å². The summed E-state index contributed by atoms with van der Waals surface area (Å²) in [7, 11) is 2.31. The van der Waals surface area contributed by atoms with Crippen LogP contribution in [0.5, 0.6) is 0 Å². The van der Waals surface area contributed by atoms with Gasteiger partial charge in [0.2, 0.25) is 0 Å². The van der Waals surface area contributed by atoms with Crippen LogP contribution in [0.4, 0.5) is 0 Å². The number of hydrogen-bond donors (Lipinski definition) is 0. The molecule has 0 aromatic heterocycles. The molecule has 1 rings (SSSR count). The Bertz CT molecular complexity index is 136. The Morgan fingerprint density at radius 1 is 1.14 bits per heavy atom. The lowest BCUT2D eigenvalue weighted by molar-refractivity contribution is 0.239. The van der Waals surface area contributed by atoms with E-state index in [4.69, 9.17) is 0 Å². The molecule has 1 fully saturated rings. The second kappa shape index (κ2) is 6.44. The summed E-state index contributed by atoms with van der Waals surface area (Å²) in [5.74, 6) is 0.881. The maximum atomic E-state index is 2.59. The van der Waals surface area contributed by atoms with Crippen LogP contribution in [-0.2, 0) is 0 Å². The molecule has 0 aromatic rings. The predicted molar refractivity (Wildman–Crippen MR) is 63.6 cm³/mol. The van der Waals surface area contributed by atoms with E-state index in [1.807, 2.05) is 0 Å². The highest BCUT2D eigenvalue weighted by Crippen LogP contribution is 2.22. The van der Waals surface area contributed by atoms with Gasteiger partial charge in [0.05, 0.1) is 0 Å². The van der Waals surface area contributed by atoms with Gasteiger partial charge in [-0.1, -0.05) is 39.5 Å². The van der Waals surface area contributed by atoms with Crippen molar-refractivity contribution in [3.8, 4) is 0 Å². The first-order valence-corrected chi connectivity index (χ1v) is 6.40. The Hall–Kier alpha value is -0.0400. The number of unbranched alkanes of at least 4 members (excludes halogenated alkanes) is 1. The summed E-state index contributed by atoms with van der Waals surface area (Å²) in [5.41, 5.74) is 0. The Morgan fingerprint density at radius 2 is 1.79 bits per heavy atom. The molecule has 1 nitrogen and oxygen atoms in total. The lowest BCUT2D eigenvalue weighted by Crippen LogP contribution is -2.29. The Balaban J connectivity index is 1.99. The van der Waals surface area contributed by atoms with E-state index >= 15 is 0 Å². The molecule has 1 aliphatic rings. The molecule has 1 saturated carbocycles. The van der Waals surface area contributed by atoms with E-state index in [2.05, 4.69) is 25.8 Å². The van der Waals surface area contributed by atoms with Crippen LogP contribution in [0.25, 0.3) is 0 Å². The number of nitrogens with zero attached hydrogens (tertiary/aromatic N) is 1. The van der Waals surface area contributed by atoms with Gasteiger partial charge in [-0.15, -0.1) is 0 Å². The summed E-state index contributed by atoms with van der Waals surface area (Å²) in [6.45, 7) is 5.96. The smallest absolute Gasteiger partial charge is 0.00922 e. The molecule has 0 N–H and O–H groups in total. The Labute approximate surface area is 89.9 Å². The fraction of sp³-hybridized carbons (Fsp3) is 1.00. The normalized spacial score (nSPS) is 18.6. The molecular formula is C13H27N. The van der Waals surface area contributed by atoms with E-state index in [0.717, 1.165) is 12.0 Å². The zero-order valence-corrected chi connectivity index (χ0v) is 10.3.